The van der Waals surface area contributed by atoms with Crippen molar-refractivity contribution in [2.45, 2.75) is 24.3 Å². The van der Waals surface area contributed by atoms with E-state index in [1.165, 1.54) is 33.3 Å². The molecule has 33 heavy (non-hydrogen) atoms. The van der Waals surface area contributed by atoms with Crippen molar-refractivity contribution >= 4 is 26.9 Å². The third-order valence-electron chi connectivity index (χ3n) is 5.04. The summed E-state index contributed by atoms with van der Waals surface area (Å²) in [6.07, 6.45) is -5.01. The van der Waals surface area contributed by atoms with Crippen LogP contribution >= 0.6 is 0 Å². The van der Waals surface area contributed by atoms with Gasteiger partial charge in [0.05, 0.1) is 11.3 Å². The molecule has 14 heteroatoms. The quantitative estimate of drug-likeness (QED) is 0.539. The van der Waals surface area contributed by atoms with Gasteiger partial charge in [-0.3, -0.25) is 18.7 Å². The lowest BCUT2D eigenvalue weighted by atomic mass is 10.1. The molecule has 1 amide bonds. The average molecular weight is 487 g/mol. The highest BCUT2D eigenvalue weighted by molar-refractivity contribution is 7.91. The third-order valence-corrected chi connectivity index (χ3v) is 6.71. The number of benzene rings is 1. The van der Waals surface area contributed by atoms with Crippen LogP contribution in [0.4, 0.5) is 13.2 Å². The molecule has 0 atom stereocenters. The number of alkyl halides is 3. The molecule has 0 saturated heterocycles. The minimum Gasteiger partial charge on any atom is -0.352 e. The minimum absolute atomic E-state index is 0.00988. The molecule has 0 aliphatic carbocycles. The van der Waals surface area contributed by atoms with Crippen LogP contribution < -0.4 is 16.6 Å². The number of nitrogens with one attached hydrogen (secondary N) is 1. The average Bonchev–Trinajstić information content (AvgIpc) is 3.11. The van der Waals surface area contributed by atoms with Gasteiger partial charge in [-0.15, -0.1) is 0 Å². The topological polar surface area (TPSA) is 125 Å². The van der Waals surface area contributed by atoms with Gasteiger partial charge in [-0.25, -0.2) is 18.2 Å². The highest BCUT2D eigenvalue weighted by atomic mass is 32.2. The molecule has 3 aromatic rings. The number of hydrogen-bond acceptors (Lipinski definition) is 6. The van der Waals surface area contributed by atoms with Crippen LogP contribution in [0, 0.1) is 0 Å². The van der Waals surface area contributed by atoms with Gasteiger partial charge in [0.15, 0.2) is 11.2 Å². The van der Waals surface area contributed by atoms with E-state index in [1.807, 2.05) is 0 Å². The Bertz CT molecular complexity index is 1470. The highest BCUT2D eigenvalue weighted by Gasteiger charge is 2.30. The number of carbonyl (C=O) groups excluding carboxylic acids is 1. The summed E-state index contributed by atoms with van der Waals surface area (Å²) in [5, 5.41) is 1.89. The van der Waals surface area contributed by atoms with Gasteiger partial charge in [0, 0.05) is 34.1 Å². The van der Waals surface area contributed by atoms with Crippen molar-refractivity contribution in [3.8, 4) is 0 Å². The van der Waals surface area contributed by atoms with Crippen LogP contribution in [-0.2, 0) is 48.5 Å². The molecule has 0 bridgehead atoms. The standard InChI is InChI=1S/C19H20F3N5O5S/c1-25-15-14(16(29)27(3)18(30)26(15)2)24-17(25)33(31,32)8-7-13(28)23-10-11-5-4-6-12(9-11)19(20,21)22/h4-6,9H,7-8,10H2,1-3H3,(H,23,28). The molecule has 2 aromatic heterocycles. The Balaban J connectivity index is 1.75. The second-order valence-electron chi connectivity index (χ2n) is 7.38. The normalized spacial score (nSPS) is 12.3. The number of nitrogens with zero attached hydrogens (tertiary/aromatic N) is 4. The van der Waals surface area contributed by atoms with Gasteiger partial charge in [-0.05, 0) is 17.7 Å². The number of hydrogen-bond donors (Lipinski definition) is 1. The summed E-state index contributed by atoms with van der Waals surface area (Å²) in [5.41, 5.74) is -2.28. The van der Waals surface area contributed by atoms with Gasteiger partial charge in [-0.2, -0.15) is 13.2 Å². The largest absolute Gasteiger partial charge is 0.416 e. The fourth-order valence-corrected chi connectivity index (χ4v) is 4.67. The molecule has 0 saturated carbocycles. The molecule has 10 nitrogen and oxygen atoms in total. The van der Waals surface area contributed by atoms with Crippen LogP contribution in [0.25, 0.3) is 11.2 Å². The highest BCUT2D eigenvalue weighted by Crippen LogP contribution is 2.29. The predicted octanol–water partition coefficient (Wildman–Crippen LogP) is 0.470. The number of imidazole rings is 1. The van der Waals surface area contributed by atoms with Crippen LogP contribution in [0.2, 0.25) is 0 Å². The van der Waals surface area contributed by atoms with E-state index < -0.39 is 56.1 Å². The van der Waals surface area contributed by atoms with E-state index in [9.17, 15) is 36.0 Å². The molecule has 3 rings (SSSR count). The summed E-state index contributed by atoms with van der Waals surface area (Å²) in [6.45, 7) is -0.215. The van der Waals surface area contributed by atoms with E-state index >= 15 is 0 Å². The zero-order chi connectivity index (χ0) is 24.7. The zero-order valence-corrected chi connectivity index (χ0v) is 18.6. The number of aromatic nitrogens is 4. The van der Waals surface area contributed by atoms with Crippen molar-refractivity contribution in [3.63, 3.8) is 0 Å². The van der Waals surface area contributed by atoms with Crippen LogP contribution in [0.15, 0.2) is 39.0 Å². The van der Waals surface area contributed by atoms with E-state index in [-0.39, 0.29) is 23.3 Å². The van der Waals surface area contributed by atoms with E-state index in [1.54, 1.807) is 0 Å². The van der Waals surface area contributed by atoms with Crippen LogP contribution in [0.3, 0.4) is 0 Å². The second-order valence-corrected chi connectivity index (χ2v) is 9.38. The van der Waals surface area contributed by atoms with Crippen LogP contribution in [0.1, 0.15) is 17.5 Å². The molecule has 2 heterocycles. The molecule has 1 aromatic carbocycles. The van der Waals surface area contributed by atoms with E-state index in [0.29, 0.717) is 0 Å². The molecule has 0 aliphatic heterocycles. The van der Waals surface area contributed by atoms with Gasteiger partial charge < -0.3 is 9.88 Å². The fraction of sp³-hybridized carbons (Fsp3) is 0.368. The fourth-order valence-electron chi connectivity index (χ4n) is 3.30. The van der Waals surface area contributed by atoms with Crippen molar-refractivity contribution < 1.29 is 26.4 Å². The van der Waals surface area contributed by atoms with Crippen LogP contribution in [-0.4, -0.2) is 38.8 Å². The Kier molecular flexibility index (Phi) is 6.24. The molecular weight excluding hydrogens is 467 g/mol. The maximum absolute atomic E-state index is 12.8. The molecular formula is C19H20F3N5O5S. The molecule has 178 valence electrons. The summed E-state index contributed by atoms with van der Waals surface area (Å²) in [7, 11) is -0.207. The first-order valence-electron chi connectivity index (χ1n) is 9.52. The summed E-state index contributed by atoms with van der Waals surface area (Å²) >= 11 is 0. The summed E-state index contributed by atoms with van der Waals surface area (Å²) in [6, 6.07) is 4.40. The van der Waals surface area contributed by atoms with Gasteiger partial charge in [0.25, 0.3) is 5.56 Å². The first kappa shape index (κ1) is 24.2. The number of amides is 1. The number of fused-ring (bicyclic) bond motifs is 1. The van der Waals surface area contributed by atoms with Crippen molar-refractivity contribution in [3.05, 3.63) is 56.2 Å². The Morgan fingerprint density at radius 1 is 1.09 bits per heavy atom. The lowest BCUT2D eigenvalue weighted by molar-refractivity contribution is -0.137. The molecule has 0 aliphatic rings. The van der Waals surface area contributed by atoms with Crippen molar-refractivity contribution in [1.29, 1.82) is 0 Å². The monoisotopic (exact) mass is 487 g/mol. The Hall–Kier alpha value is -3.42. The van der Waals surface area contributed by atoms with Gasteiger partial charge in [0.2, 0.25) is 20.9 Å². The minimum atomic E-state index is -4.52. The van der Waals surface area contributed by atoms with Crippen molar-refractivity contribution in [1.82, 2.24) is 24.0 Å². The number of aryl methyl sites for hydroxylation is 2. The van der Waals surface area contributed by atoms with Crippen molar-refractivity contribution in [2.24, 2.45) is 21.1 Å². The first-order valence-corrected chi connectivity index (χ1v) is 11.2. The van der Waals surface area contributed by atoms with Crippen molar-refractivity contribution in [2.75, 3.05) is 5.75 Å². The Labute approximate surface area is 185 Å². The van der Waals surface area contributed by atoms with Gasteiger partial charge in [-0.1, -0.05) is 12.1 Å². The van der Waals surface area contributed by atoms with Crippen LogP contribution in [0.5, 0.6) is 0 Å². The number of sulfone groups is 1. The summed E-state index contributed by atoms with van der Waals surface area (Å²) < 4.78 is 66.9. The number of rotatable bonds is 6. The first-order chi connectivity index (χ1) is 15.2. The SMILES string of the molecule is Cn1c(=O)c2nc(S(=O)(=O)CCC(=O)NCc3cccc(C(F)(F)F)c3)n(C)c2n(C)c1=O. The van der Waals surface area contributed by atoms with E-state index in [4.69, 9.17) is 0 Å². The van der Waals surface area contributed by atoms with Gasteiger partial charge in [0.1, 0.15) is 0 Å². The smallest absolute Gasteiger partial charge is 0.352 e. The number of carbonyl (C=O) groups is 1. The Morgan fingerprint density at radius 2 is 1.76 bits per heavy atom. The second kappa shape index (κ2) is 8.50. The third kappa shape index (κ3) is 4.69. The lowest BCUT2D eigenvalue weighted by Gasteiger charge is -2.10. The molecule has 1 N–H and O–H groups in total. The van der Waals surface area contributed by atoms with Gasteiger partial charge >= 0.3 is 11.9 Å². The summed E-state index contributed by atoms with van der Waals surface area (Å²) in [4.78, 5) is 40.4. The Morgan fingerprint density at radius 3 is 2.39 bits per heavy atom. The summed E-state index contributed by atoms with van der Waals surface area (Å²) in [5.74, 6) is -1.36. The maximum atomic E-state index is 12.8. The maximum Gasteiger partial charge on any atom is 0.416 e. The van der Waals surface area contributed by atoms with E-state index in [0.717, 1.165) is 25.8 Å². The lowest BCUT2D eigenvalue weighted by Crippen LogP contribution is -2.37. The molecule has 0 spiro atoms. The molecule has 0 fully saturated rings. The predicted molar refractivity (Wildman–Crippen MR) is 111 cm³/mol. The zero-order valence-electron chi connectivity index (χ0n) is 17.8. The number of halogens is 3. The molecule has 0 unspecified atom stereocenters. The van der Waals surface area contributed by atoms with E-state index in [2.05, 4.69) is 10.3 Å². The molecule has 0 radical (unpaired) electrons.